The number of rotatable bonds is 4. The number of aromatic nitrogens is 1. The first-order valence-corrected chi connectivity index (χ1v) is 4.80. The third-order valence-electron chi connectivity index (χ3n) is 2.22. The second kappa shape index (κ2) is 5.12. The van der Waals surface area contributed by atoms with E-state index in [4.69, 9.17) is 0 Å². The SMILES string of the molecule is C=CCC(NC)c1ccc(C(F)(F)F)cn1. The molecule has 0 bridgehead atoms. The van der Waals surface area contributed by atoms with Gasteiger partial charge in [0.05, 0.1) is 17.3 Å². The van der Waals surface area contributed by atoms with E-state index in [0.717, 1.165) is 12.3 Å². The Morgan fingerprint density at radius 1 is 1.50 bits per heavy atom. The van der Waals surface area contributed by atoms with Gasteiger partial charge in [0.15, 0.2) is 0 Å². The highest BCUT2D eigenvalue weighted by atomic mass is 19.4. The van der Waals surface area contributed by atoms with Crippen molar-refractivity contribution in [3.8, 4) is 0 Å². The largest absolute Gasteiger partial charge is 0.417 e. The standard InChI is InChI=1S/C11H13F3N2/c1-3-4-9(15-2)10-6-5-8(7-16-10)11(12,13)14/h3,5-7,9,15H,1,4H2,2H3. The average Bonchev–Trinajstić information content (AvgIpc) is 2.25. The molecule has 0 aliphatic rings. The van der Waals surface area contributed by atoms with Crippen molar-refractivity contribution >= 4 is 0 Å². The van der Waals surface area contributed by atoms with E-state index in [-0.39, 0.29) is 6.04 Å². The molecule has 1 N–H and O–H groups in total. The Morgan fingerprint density at radius 2 is 2.19 bits per heavy atom. The first-order valence-electron chi connectivity index (χ1n) is 4.80. The summed E-state index contributed by atoms with van der Waals surface area (Å²) < 4.78 is 36.8. The lowest BCUT2D eigenvalue weighted by atomic mass is 10.1. The lowest BCUT2D eigenvalue weighted by molar-refractivity contribution is -0.137. The highest BCUT2D eigenvalue weighted by Gasteiger charge is 2.30. The fraction of sp³-hybridized carbons (Fsp3) is 0.364. The molecule has 0 aliphatic carbocycles. The second-order valence-electron chi connectivity index (χ2n) is 3.34. The van der Waals surface area contributed by atoms with Crippen LogP contribution in [0.25, 0.3) is 0 Å². The monoisotopic (exact) mass is 230 g/mol. The summed E-state index contributed by atoms with van der Waals surface area (Å²) in [6.07, 6.45) is -1.17. The minimum absolute atomic E-state index is 0.0974. The number of alkyl halides is 3. The highest BCUT2D eigenvalue weighted by Crippen LogP contribution is 2.29. The zero-order valence-corrected chi connectivity index (χ0v) is 8.88. The van der Waals surface area contributed by atoms with Gasteiger partial charge in [-0.15, -0.1) is 6.58 Å². The number of pyridine rings is 1. The molecule has 1 aromatic heterocycles. The van der Waals surface area contributed by atoms with Crippen LogP contribution in [-0.2, 0) is 6.18 Å². The predicted molar refractivity (Wildman–Crippen MR) is 55.9 cm³/mol. The zero-order chi connectivity index (χ0) is 12.2. The minimum Gasteiger partial charge on any atom is -0.311 e. The molecule has 0 radical (unpaired) electrons. The van der Waals surface area contributed by atoms with E-state index in [9.17, 15) is 13.2 Å². The van der Waals surface area contributed by atoms with Gasteiger partial charge < -0.3 is 5.32 Å². The number of hydrogen-bond acceptors (Lipinski definition) is 2. The van der Waals surface area contributed by atoms with Crippen molar-refractivity contribution in [1.29, 1.82) is 0 Å². The van der Waals surface area contributed by atoms with E-state index < -0.39 is 11.7 Å². The summed E-state index contributed by atoms with van der Waals surface area (Å²) >= 11 is 0. The lowest BCUT2D eigenvalue weighted by Gasteiger charge is -2.14. The zero-order valence-electron chi connectivity index (χ0n) is 8.88. The van der Waals surface area contributed by atoms with E-state index in [1.807, 2.05) is 0 Å². The van der Waals surface area contributed by atoms with Crippen LogP contribution in [0.5, 0.6) is 0 Å². The topological polar surface area (TPSA) is 24.9 Å². The molecule has 0 spiro atoms. The van der Waals surface area contributed by atoms with Crippen molar-refractivity contribution in [1.82, 2.24) is 10.3 Å². The number of nitrogens with zero attached hydrogens (tertiary/aromatic N) is 1. The van der Waals surface area contributed by atoms with Crippen LogP contribution in [0.3, 0.4) is 0 Å². The van der Waals surface area contributed by atoms with Crippen LogP contribution in [0, 0.1) is 0 Å². The Labute approximate surface area is 92.2 Å². The third kappa shape index (κ3) is 3.06. The molecule has 1 heterocycles. The molecule has 0 aliphatic heterocycles. The molecule has 88 valence electrons. The Hall–Kier alpha value is -1.36. The Morgan fingerprint density at radius 3 is 2.56 bits per heavy atom. The summed E-state index contributed by atoms with van der Waals surface area (Å²) in [5, 5.41) is 2.96. The Bertz CT molecular complexity index is 343. The van der Waals surface area contributed by atoms with Gasteiger partial charge in [-0.3, -0.25) is 4.98 Å². The van der Waals surface area contributed by atoms with E-state index in [1.165, 1.54) is 6.07 Å². The first-order chi connectivity index (χ1) is 7.49. The third-order valence-corrected chi connectivity index (χ3v) is 2.22. The normalized spacial score (nSPS) is 13.5. The van der Waals surface area contributed by atoms with E-state index in [2.05, 4.69) is 16.9 Å². The van der Waals surface area contributed by atoms with E-state index >= 15 is 0 Å². The maximum Gasteiger partial charge on any atom is 0.417 e. The molecule has 0 aromatic carbocycles. The van der Waals surface area contributed by atoms with E-state index in [0.29, 0.717) is 12.1 Å². The summed E-state index contributed by atoms with van der Waals surface area (Å²) in [5.41, 5.74) is -0.153. The van der Waals surface area contributed by atoms with Crippen molar-refractivity contribution in [3.63, 3.8) is 0 Å². The summed E-state index contributed by atoms with van der Waals surface area (Å²) in [4.78, 5) is 3.80. The lowest BCUT2D eigenvalue weighted by Crippen LogP contribution is -2.17. The van der Waals surface area contributed by atoms with Gasteiger partial charge in [-0.25, -0.2) is 0 Å². The van der Waals surface area contributed by atoms with Crippen LogP contribution in [0.15, 0.2) is 31.0 Å². The summed E-state index contributed by atoms with van der Waals surface area (Å²) in [6, 6.07) is 2.32. The van der Waals surface area contributed by atoms with Gasteiger partial charge in [-0.05, 0) is 25.6 Å². The molecule has 1 atom stereocenters. The highest BCUT2D eigenvalue weighted by molar-refractivity contribution is 5.19. The second-order valence-corrected chi connectivity index (χ2v) is 3.34. The molecule has 0 saturated heterocycles. The molecule has 1 aromatic rings. The first kappa shape index (κ1) is 12.7. The van der Waals surface area contributed by atoms with Gasteiger partial charge in [0.1, 0.15) is 0 Å². The Kier molecular flexibility index (Phi) is 4.06. The summed E-state index contributed by atoms with van der Waals surface area (Å²) in [6.45, 7) is 3.58. The molecule has 1 unspecified atom stereocenters. The number of nitrogens with one attached hydrogen (secondary N) is 1. The smallest absolute Gasteiger partial charge is 0.311 e. The van der Waals surface area contributed by atoms with Crippen LogP contribution in [0.1, 0.15) is 23.7 Å². The maximum atomic E-state index is 12.3. The molecular weight excluding hydrogens is 217 g/mol. The fourth-order valence-corrected chi connectivity index (χ4v) is 1.33. The Balaban J connectivity index is 2.89. The van der Waals surface area contributed by atoms with Gasteiger partial charge in [0.2, 0.25) is 0 Å². The quantitative estimate of drug-likeness (QED) is 0.804. The summed E-state index contributed by atoms with van der Waals surface area (Å²) in [7, 11) is 1.73. The van der Waals surface area contributed by atoms with Crippen LogP contribution in [0.4, 0.5) is 13.2 Å². The predicted octanol–water partition coefficient (Wildman–Crippen LogP) is 2.94. The fourth-order valence-electron chi connectivity index (χ4n) is 1.33. The van der Waals surface area contributed by atoms with Gasteiger partial charge >= 0.3 is 6.18 Å². The average molecular weight is 230 g/mol. The number of hydrogen-bond donors (Lipinski definition) is 1. The number of halogens is 3. The molecule has 0 saturated carbocycles. The molecule has 0 fully saturated rings. The van der Waals surface area contributed by atoms with Gasteiger partial charge in [-0.2, -0.15) is 13.2 Å². The molecule has 1 rings (SSSR count). The van der Waals surface area contributed by atoms with Crippen LogP contribution >= 0.6 is 0 Å². The van der Waals surface area contributed by atoms with Crippen LogP contribution in [-0.4, -0.2) is 12.0 Å². The van der Waals surface area contributed by atoms with Crippen LogP contribution < -0.4 is 5.32 Å². The molecule has 16 heavy (non-hydrogen) atoms. The van der Waals surface area contributed by atoms with Crippen molar-refractivity contribution < 1.29 is 13.2 Å². The van der Waals surface area contributed by atoms with Gasteiger partial charge in [0.25, 0.3) is 0 Å². The minimum atomic E-state index is -4.33. The van der Waals surface area contributed by atoms with Gasteiger partial charge in [-0.1, -0.05) is 6.08 Å². The van der Waals surface area contributed by atoms with Gasteiger partial charge in [0, 0.05) is 6.20 Å². The van der Waals surface area contributed by atoms with E-state index in [1.54, 1.807) is 13.1 Å². The molecule has 5 heteroatoms. The van der Waals surface area contributed by atoms with Crippen molar-refractivity contribution in [2.24, 2.45) is 0 Å². The molecular formula is C11H13F3N2. The molecule has 2 nitrogen and oxygen atoms in total. The van der Waals surface area contributed by atoms with Crippen molar-refractivity contribution in [2.45, 2.75) is 18.6 Å². The molecule has 0 amide bonds. The maximum absolute atomic E-state index is 12.3. The van der Waals surface area contributed by atoms with Crippen LogP contribution in [0.2, 0.25) is 0 Å². The summed E-state index contributed by atoms with van der Waals surface area (Å²) in [5.74, 6) is 0. The van der Waals surface area contributed by atoms with Crippen molar-refractivity contribution in [2.75, 3.05) is 7.05 Å². The van der Waals surface area contributed by atoms with Crippen molar-refractivity contribution in [3.05, 3.63) is 42.2 Å².